The number of nitrogens with two attached hydrogens (primary N) is 1. The summed E-state index contributed by atoms with van der Waals surface area (Å²) >= 11 is 6.45. The summed E-state index contributed by atoms with van der Waals surface area (Å²) in [5, 5.41) is 18.9. The van der Waals surface area contributed by atoms with Gasteiger partial charge in [-0.2, -0.15) is 0 Å². The minimum Gasteiger partial charge on any atom is -0.389 e. The van der Waals surface area contributed by atoms with Crippen LogP contribution in [0.5, 0.6) is 0 Å². The Morgan fingerprint density at radius 2 is 2.27 bits per heavy atom. The Morgan fingerprint density at radius 1 is 1.60 bits per heavy atom. The number of carbonyl (C=O) groups is 1. The second-order valence-corrected chi connectivity index (χ2v) is 4.27. The van der Waals surface area contributed by atoms with Gasteiger partial charge in [-0.05, 0) is 12.1 Å². The minimum atomic E-state index is -1.08. The maximum Gasteiger partial charge on any atom is 0.275 e. The quantitative estimate of drug-likeness (QED) is 0.262. The molecule has 0 spiro atoms. The number of hydrogen-bond acceptors (Lipinski definition) is 5. The van der Waals surface area contributed by atoms with Gasteiger partial charge >= 0.3 is 0 Å². The van der Waals surface area contributed by atoms with Crippen LogP contribution in [0.1, 0.15) is 20.7 Å². The number of rotatable bonds is 4. The summed E-state index contributed by atoms with van der Waals surface area (Å²) in [5.41, 5.74) is 1.98. The average Bonchev–Trinajstić information content (AvgIpc) is 2.75. The van der Waals surface area contributed by atoms with Crippen LogP contribution in [-0.4, -0.2) is 28.1 Å². The SMILES string of the molecule is NNC(=O)c1ccc(C(O)C(O)CCl)s1. The third kappa shape index (κ3) is 2.90. The van der Waals surface area contributed by atoms with E-state index in [1.165, 1.54) is 6.07 Å². The summed E-state index contributed by atoms with van der Waals surface area (Å²) < 4.78 is 0. The highest BCUT2D eigenvalue weighted by Crippen LogP contribution is 2.25. The number of alkyl halides is 1. The Labute approximate surface area is 95.4 Å². The lowest BCUT2D eigenvalue weighted by Gasteiger charge is -2.12. The molecule has 0 bridgehead atoms. The number of aliphatic hydroxyl groups is 2. The normalized spacial score (nSPS) is 14.7. The first-order valence-corrected chi connectivity index (χ1v) is 5.48. The lowest BCUT2D eigenvalue weighted by molar-refractivity contribution is 0.0350. The molecule has 84 valence electrons. The second-order valence-electron chi connectivity index (χ2n) is 2.84. The fourth-order valence-corrected chi connectivity index (χ4v) is 2.10. The lowest BCUT2D eigenvalue weighted by Crippen LogP contribution is -2.29. The van der Waals surface area contributed by atoms with Gasteiger partial charge in [0.2, 0.25) is 0 Å². The van der Waals surface area contributed by atoms with Crippen LogP contribution in [0.2, 0.25) is 0 Å². The van der Waals surface area contributed by atoms with E-state index in [0.29, 0.717) is 9.75 Å². The number of hydrogen-bond donors (Lipinski definition) is 4. The van der Waals surface area contributed by atoms with Gasteiger partial charge in [-0.1, -0.05) is 0 Å². The molecule has 0 aromatic carbocycles. The van der Waals surface area contributed by atoms with Gasteiger partial charge in [0.1, 0.15) is 6.10 Å². The first-order chi connectivity index (χ1) is 7.10. The Hall–Kier alpha value is -0.660. The molecule has 5 nitrogen and oxygen atoms in total. The summed E-state index contributed by atoms with van der Waals surface area (Å²) in [5.74, 6) is 4.45. The van der Waals surface area contributed by atoms with Gasteiger partial charge < -0.3 is 10.2 Å². The number of aliphatic hydroxyl groups excluding tert-OH is 2. The molecule has 0 radical (unpaired) electrons. The monoisotopic (exact) mass is 250 g/mol. The number of carbonyl (C=O) groups excluding carboxylic acids is 1. The van der Waals surface area contributed by atoms with E-state index in [9.17, 15) is 15.0 Å². The fourth-order valence-electron chi connectivity index (χ4n) is 0.979. The van der Waals surface area contributed by atoms with Crippen LogP contribution in [-0.2, 0) is 0 Å². The molecule has 0 fully saturated rings. The molecule has 1 heterocycles. The van der Waals surface area contributed by atoms with Crippen molar-refractivity contribution in [3.8, 4) is 0 Å². The van der Waals surface area contributed by atoms with E-state index in [2.05, 4.69) is 0 Å². The van der Waals surface area contributed by atoms with E-state index < -0.39 is 18.1 Å². The summed E-state index contributed by atoms with van der Waals surface area (Å²) in [7, 11) is 0. The van der Waals surface area contributed by atoms with E-state index in [0.717, 1.165) is 11.3 Å². The standard InChI is InChI=1S/C8H11ClN2O3S/c9-3-4(12)7(13)5-1-2-6(15-5)8(14)11-10/h1-2,4,7,12-13H,3,10H2,(H,11,14). The molecule has 7 heteroatoms. The maximum atomic E-state index is 11.1. The van der Waals surface area contributed by atoms with Crippen molar-refractivity contribution in [3.63, 3.8) is 0 Å². The highest BCUT2D eigenvalue weighted by molar-refractivity contribution is 7.14. The van der Waals surface area contributed by atoms with Gasteiger partial charge in [-0.15, -0.1) is 22.9 Å². The van der Waals surface area contributed by atoms with Crippen LogP contribution in [0, 0.1) is 0 Å². The molecule has 1 rings (SSSR count). The zero-order chi connectivity index (χ0) is 11.4. The average molecular weight is 251 g/mol. The Balaban J connectivity index is 2.79. The molecule has 0 aliphatic heterocycles. The number of thiophene rings is 1. The Morgan fingerprint density at radius 3 is 2.80 bits per heavy atom. The fraction of sp³-hybridized carbons (Fsp3) is 0.375. The Kier molecular flexibility index (Phi) is 4.49. The molecule has 0 aliphatic carbocycles. The minimum absolute atomic E-state index is 0.0719. The molecular formula is C8H11ClN2O3S. The molecule has 15 heavy (non-hydrogen) atoms. The van der Waals surface area contributed by atoms with E-state index in [-0.39, 0.29) is 5.88 Å². The van der Waals surface area contributed by atoms with Gasteiger partial charge in [0.15, 0.2) is 0 Å². The van der Waals surface area contributed by atoms with E-state index in [1.54, 1.807) is 6.07 Å². The van der Waals surface area contributed by atoms with E-state index >= 15 is 0 Å². The number of nitrogens with one attached hydrogen (secondary N) is 1. The van der Waals surface area contributed by atoms with Crippen LogP contribution in [0.4, 0.5) is 0 Å². The molecular weight excluding hydrogens is 240 g/mol. The number of amides is 1. The third-order valence-electron chi connectivity index (χ3n) is 1.80. The van der Waals surface area contributed by atoms with E-state index in [4.69, 9.17) is 17.4 Å². The van der Waals surface area contributed by atoms with Gasteiger partial charge in [0.25, 0.3) is 5.91 Å². The van der Waals surface area contributed by atoms with Gasteiger partial charge in [-0.25, -0.2) is 5.84 Å². The molecule has 2 atom stereocenters. The first kappa shape index (κ1) is 12.4. The predicted octanol–water partition coefficient (Wildman–Crippen LogP) is -0.0153. The molecule has 1 aromatic rings. The highest BCUT2D eigenvalue weighted by Gasteiger charge is 2.20. The molecule has 0 saturated carbocycles. The molecule has 5 N–H and O–H groups in total. The molecule has 0 saturated heterocycles. The van der Waals surface area contributed by atoms with Gasteiger partial charge in [0.05, 0.1) is 16.9 Å². The molecule has 2 unspecified atom stereocenters. The van der Waals surface area contributed by atoms with Crippen molar-refractivity contribution in [2.45, 2.75) is 12.2 Å². The van der Waals surface area contributed by atoms with Crippen LogP contribution < -0.4 is 11.3 Å². The van der Waals surface area contributed by atoms with Crippen molar-refractivity contribution in [2.75, 3.05) is 5.88 Å². The van der Waals surface area contributed by atoms with Crippen molar-refractivity contribution in [2.24, 2.45) is 5.84 Å². The maximum absolute atomic E-state index is 11.1. The number of halogens is 1. The Bertz CT molecular complexity index is 344. The molecule has 0 aliphatic rings. The topological polar surface area (TPSA) is 95.6 Å². The summed E-state index contributed by atoms with van der Waals surface area (Å²) in [6, 6.07) is 3.07. The number of hydrazine groups is 1. The van der Waals surface area contributed by atoms with Crippen LogP contribution in [0.25, 0.3) is 0 Å². The van der Waals surface area contributed by atoms with Crippen molar-refractivity contribution < 1.29 is 15.0 Å². The van der Waals surface area contributed by atoms with Crippen molar-refractivity contribution in [1.29, 1.82) is 0 Å². The van der Waals surface area contributed by atoms with Crippen molar-refractivity contribution >= 4 is 28.8 Å². The second kappa shape index (κ2) is 5.43. The molecule has 1 amide bonds. The lowest BCUT2D eigenvalue weighted by atomic mass is 10.2. The zero-order valence-electron chi connectivity index (χ0n) is 7.68. The summed E-state index contributed by atoms with van der Waals surface area (Å²) in [6.07, 6.45) is -2.12. The van der Waals surface area contributed by atoms with Crippen molar-refractivity contribution in [1.82, 2.24) is 5.43 Å². The number of nitrogen functional groups attached to an aromatic ring is 1. The summed E-state index contributed by atoms with van der Waals surface area (Å²) in [6.45, 7) is 0. The van der Waals surface area contributed by atoms with Crippen molar-refractivity contribution in [3.05, 3.63) is 21.9 Å². The zero-order valence-corrected chi connectivity index (χ0v) is 9.26. The van der Waals surface area contributed by atoms with Gasteiger partial charge in [0, 0.05) is 4.88 Å². The summed E-state index contributed by atoms with van der Waals surface area (Å²) in [4.78, 5) is 11.9. The van der Waals surface area contributed by atoms with E-state index in [1.807, 2.05) is 5.43 Å². The largest absolute Gasteiger partial charge is 0.389 e. The first-order valence-electron chi connectivity index (χ1n) is 4.13. The predicted molar refractivity (Wildman–Crippen MR) is 57.7 cm³/mol. The van der Waals surface area contributed by atoms with Gasteiger partial charge in [-0.3, -0.25) is 10.2 Å². The smallest absolute Gasteiger partial charge is 0.275 e. The molecule has 1 aromatic heterocycles. The van der Waals surface area contributed by atoms with Crippen LogP contribution >= 0.6 is 22.9 Å². The van der Waals surface area contributed by atoms with Crippen LogP contribution in [0.15, 0.2) is 12.1 Å². The van der Waals surface area contributed by atoms with Crippen LogP contribution in [0.3, 0.4) is 0 Å². The highest BCUT2D eigenvalue weighted by atomic mass is 35.5. The third-order valence-corrected chi connectivity index (χ3v) is 3.27.